The second kappa shape index (κ2) is 6.58. The molecular formula is C23H21N3O3. The number of amides is 1. The molecule has 2 aliphatic heterocycles. The molecule has 1 amide bonds. The summed E-state index contributed by atoms with van der Waals surface area (Å²) in [5.41, 5.74) is 3.31. The third-order valence-electron chi connectivity index (χ3n) is 5.95. The first-order chi connectivity index (χ1) is 14.1. The molecule has 0 atom stereocenters. The highest BCUT2D eigenvalue weighted by molar-refractivity contribution is 5.95. The first-order valence-corrected chi connectivity index (χ1v) is 9.79. The molecular weight excluding hydrogens is 366 g/mol. The van der Waals surface area contributed by atoms with E-state index in [1.54, 1.807) is 11.7 Å². The number of fused-ring (bicyclic) bond motifs is 2. The van der Waals surface area contributed by atoms with E-state index in [2.05, 4.69) is 5.10 Å². The van der Waals surface area contributed by atoms with Crippen molar-refractivity contribution >= 4 is 11.9 Å². The minimum Gasteiger partial charge on any atom is -0.450 e. The van der Waals surface area contributed by atoms with Crippen molar-refractivity contribution in [1.82, 2.24) is 14.7 Å². The molecule has 0 N–H and O–H groups in total. The molecule has 29 heavy (non-hydrogen) atoms. The number of benzene rings is 2. The number of ether oxygens (including phenoxy) is 1. The molecule has 3 heterocycles. The van der Waals surface area contributed by atoms with Crippen LogP contribution in [-0.2, 0) is 17.4 Å². The fourth-order valence-electron chi connectivity index (χ4n) is 4.37. The van der Waals surface area contributed by atoms with Crippen LogP contribution in [0.5, 0.6) is 0 Å². The van der Waals surface area contributed by atoms with Gasteiger partial charge in [0.2, 0.25) is 0 Å². The summed E-state index contributed by atoms with van der Waals surface area (Å²) >= 11 is 0. The van der Waals surface area contributed by atoms with Crippen LogP contribution in [0, 0.1) is 0 Å². The Kier molecular flexibility index (Phi) is 4.01. The molecule has 1 spiro atoms. The fraction of sp³-hybridized carbons (Fsp3) is 0.261. The van der Waals surface area contributed by atoms with Crippen molar-refractivity contribution in [2.75, 3.05) is 13.1 Å². The van der Waals surface area contributed by atoms with Gasteiger partial charge in [0.1, 0.15) is 11.3 Å². The Labute approximate surface area is 168 Å². The van der Waals surface area contributed by atoms with Gasteiger partial charge in [0.05, 0.1) is 11.3 Å². The first kappa shape index (κ1) is 17.7. The predicted octanol–water partition coefficient (Wildman–Crippen LogP) is 3.39. The van der Waals surface area contributed by atoms with Gasteiger partial charge in [-0.2, -0.15) is 5.10 Å². The maximum absolute atomic E-state index is 13.1. The van der Waals surface area contributed by atoms with Crippen LogP contribution in [0.2, 0.25) is 0 Å². The van der Waals surface area contributed by atoms with Gasteiger partial charge in [0.15, 0.2) is 0 Å². The van der Waals surface area contributed by atoms with Crippen LogP contribution in [0.1, 0.15) is 39.3 Å². The van der Waals surface area contributed by atoms with Crippen LogP contribution < -0.4 is 0 Å². The van der Waals surface area contributed by atoms with Crippen molar-refractivity contribution in [2.24, 2.45) is 7.05 Å². The van der Waals surface area contributed by atoms with E-state index >= 15 is 0 Å². The van der Waals surface area contributed by atoms with Crippen molar-refractivity contribution in [3.63, 3.8) is 0 Å². The minimum absolute atomic E-state index is 0.0466. The summed E-state index contributed by atoms with van der Waals surface area (Å²) in [5.74, 6) is -0.311. The molecule has 1 aromatic heterocycles. The fourth-order valence-corrected chi connectivity index (χ4v) is 4.37. The summed E-state index contributed by atoms with van der Waals surface area (Å²) in [5, 5.41) is 4.51. The predicted molar refractivity (Wildman–Crippen MR) is 107 cm³/mol. The second-order valence-electron chi connectivity index (χ2n) is 7.63. The van der Waals surface area contributed by atoms with E-state index in [0.717, 1.165) is 16.8 Å². The number of rotatable bonds is 2. The Balaban J connectivity index is 1.35. The SMILES string of the molecule is Cn1nc(-c2ccccc2)cc1C(=O)N1CCC2(CC1)OC(=O)c1ccccc12. The number of hydrogen-bond acceptors (Lipinski definition) is 4. The standard InChI is InChI=1S/C23H21N3O3/c1-25-20(15-19(24-25)16-7-3-2-4-8-16)21(27)26-13-11-23(12-14-26)18-10-6-5-9-17(18)22(28)29-23/h2-10,15H,11-14H2,1H3. The molecule has 5 rings (SSSR count). The lowest BCUT2D eigenvalue weighted by atomic mass is 9.83. The highest BCUT2D eigenvalue weighted by Gasteiger charge is 2.47. The molecule has 0 unspecified atom stereocenters. The van der Waals surface area contributed by atoms with E-state index in [1.807, 2.05) is 65.6 Å². The second-order valence-corrected chi connectivity index (χ2v) is 7.63. The number of aryl methyl sites for hydroxylation is 1. The molecule has 0 bridgehead atoms. The van der Waals surface area contributed by atoms with E-state index in [0.29, 0.717) is 37.2 Å². The third-order valence-corrected chi connectivity index (χ3v) is 5.95. The molecule has 3 aromatic rings. The van der Waals surface area contributed by atoms with Gasteiger partial charge in [-0.3, -0.25) is 9.48 Å². The van der Waals surface area contributed by atoms with Crippen molar-refractivity contribution in [3.05, 3.63) is 77.5 Å². The normalized spacial score (nSPS) is 17.3. The molecule has 1 saturated heterocycles. The van der Waals surface area contributed by atoms with Crippen LogP contribution in [-0.4, -0.2) is 39.6 Å². The van der Waals surface area contributed by atoms with Crippen LogP contribution in [0.4, 0.5) is 0 Å². The zero-order chi connectivity index (χ0) is 20.0. The van der Waals surface area contributed by atoms with E-state index in [1.165, 1.54) is 0 Å². The summed E-state index contributed by atoms with van der Waals surface area (Å²) in [6.07, 6.45) is 1.20. The Bertz CT molecular complexity index is 1100. The number of aromatic nitrogens is 2. The number of hydrogen-bond donors (Lipinski definition) is 0. The third kappa shape index (κ3) is 2.83. The zero-order valence-electron chi connectivity index (χ0n) is 16.2. The Morgan fingerprint density at radius 3 is 2.48 bits per heavy atom. The van der Waals surface area contributed by atoms with Crippen LogP contribution in [0.3, 0.4) is 0 Å². The minimum atomic E-state index is -0.605. The van der Waals surface area contributed by atoms with Gasteiger partial charge in [-0.15, -0.1) is 0 Å². The first-order valence-electron chi connectivity index (χ1n) is 9.79. The Hall–Kier alpha value is -3.41. The highest BCUT2D eigenvalue weighted by atomic mass is 16.6. The smallest absolute Gasteiger partial charge is 0.339 e. The average molecular weight is 387 g/mol. The van der Waals surface area contributed by atoms with E-state index in [4.69, 9.17) is 4.74 Å². The summed E-state index contributed by atoms with van der Waals surface area (Å²) in [6.45, 7) is 1.07. The summed E-state index contributed by atoms with van der Waals surface area (Å²) in [6, 6.07) is 19.2. The topological polar surface area (TPSA) is 64.4 Å². The summed E-state index contributed by atoms with van der Waals surface area (Å²) in [4.78, 5) is 27.2. The Morgan fingerprint density at radius 1 is 1.03 bits per heavy atom. The van der Waals surface area contributed by atoms with Gasteiger partial charge >= 0.3 is 5.97 Å². The van der Waals surface area contributed by atoms with Gasteiger partial charge in [0, 0.05) is 44.1 Å². The van der Waals surface area contributed by atoms with Crippen LogP contribution >= 0.6 is 0 Å². The monoisotopic (exact) mass is 387 g/mol. The molecule has 6 nitrogen and oxygen atoms in total. The quantitative estimate of drug-likeness (QED) is 0.633. The zero-order valence-corrected chi connectivity index (χ0v) is 16.2. The molecule has 0 saturated carbocycles. The average Bonchev–Trinajstić information content (AvgIpc) is 3.27. The molecule has 0 radical (unpaired) electrons. The molecule has 0 aliphatic carbocycles. The maximum atomic E-state index is 13.1. The molecule has 1 fully saturated rings. The molecule has 2 aliphatic rings. The number of piperidine rings is 1. The molecule has 2 aromatic carbocycles. The van der Waals surface area contributed by atoms with Gasteiger partial charge in [-0.1, -0.05) is 48.5 Å². The number of carbonyl (C=O) groups is 2. The van der Waals surface area contributed by atoms with Gasteiger partial charge in [0.25, 0.3) is 5.91 Å². The van der Waals surface area contributed by atoms with E-state index in [-0.39, 0.29) is 11.9 Å². The van der Waals surface area contributed by atoms with Crippen LogP contribution in [0.25, 0.3) is 11.3 Å². The number of esters is 1. The number of carbonyl (C=O) groups excluding carboxylic acids is 2. The van der Waals surface area contributed by atoms with Gasteiger partial charge in [-0.25, -0.2) is 4.79 Å². The molecule has 146 valence electrons. The van der Waals surface area contributed by atoms with E-state index in [9.17, 15) is 9.59 Å². The lowest BCUT2D eigenvalue weighted by Gasteiger charge is -2.38. The Morgan fingerprint density at radius 2 is 1.72 bits per heavy atom. The summed E-state index contributed by atoms with van der Waals surface area (Å²) < 4.78 is 7.42. The molecule has 6 heteroatoms. The lowest BCUT2D eigenvalue weighted by molar-refractivity contribution is -0.0390. The van der Waals surface area contributed by atoms with Gasteiger partial charge in [-0.05, 0) is 12.1 Å². The summed E-state index contributed by atoms with van der Waals surface area (Å²) in [7, 11) is 1.79. The lowest BCUT2D eigenvalue weighted by Crippen LogP contribution is -2.45. The van der Waals surface area contributed by atoms with Crippen molar-refractivity contribution in [1.29, 1.82) is 0 Å². The van der Waals surface area contributed by atoms with Crippen molar-refractivity contribution < 1.29 is 14.3 Å². The maximum Gasteiger partial charge on any atom is 0.339 e. The number of likely N-dealkylation sites (tertiary alicyclic amines) is 1. The van der Waals surface area contributed by atoms with Crippen LogP contribution in [0.15, 0.2) is 60.7 Å². The number of nitrogens with zero attached hydrogens (tertiary/aromatic N) is 3. The largest absolute Gasteiger partial charge is 0.450 e. The van der Waals surface area contributed by atoms with Gasteiger partial charge < -0.3 is 9.64 Å². The highest BCUT2D eigenvalue weighted by Crippen LogP contribution is 2.44. The van der Waals surface area contributed by atoms with E-state index < -0.39 is 5.60 Å². The van der Waals surface area contributed by atoms with Crippen molar-refractivity contribution in [3.8, 4) is 11.3 Å². The van der Waals surface area contributed by atoms with Crippen molar-refractivity contribution in [2.45, 2.75) is 18.4 Å².